The Morgan fingerprint density at radius 3 is 2.42 bits per heavy atom. The van der Waals surface area contributed by atoms with Crippen molar-refractivity contribution in [3.8, 4) is 0 Å². The third-order valence-corrected chi connectivity index (χ3v) is 5.39. The molecule has 0 atom stereocenters. The van der Waals surface area contributed by atoms with Crippen LogP contribution in [0.4, 0.5) is 0 Å². The van der Waals surface area contributed by atoms with E-state index in [4.69, 9.17) is 0 Å². The van der Waals surface area contributed by atoms with Gasteiger partial charge >= 0.3 is 0 Å². The Hall–Kier alpha value is -2.11. The number of hydrogen-bond acceptors (Lipinski definition) is 2. The highest BCUT2D eigenvalue weighted by Crippen LogP contribution is 2.17. The van der Waals surface area contributed by atoms with Crippen molar-refractivity contribution in [2.75, 3.05) is 6.54 Å². The maximum absolute atomic E-state index is 12.2. The molecular formula is C19H22N2O2S. The number of aryl methyl sites for hydroxylation is 2. The second-order valence-electron chi connectivity index (χ2n) is 6.26. The number of rotatable bonds is 6. The molecule has 5 heteroatoms. The van der Waals surface area contributed by atoms with Crippen molar-refractivity contribution < 1.29 is 8.42 Å². The lowest BCUT2D eigenvalue weighted by molar-refractivity contribution is 0.581. The van der Waals surface area contributed by atoms with Crippen molar-refractivity contribution in [1.29, 1.82) is 0 Å². The van der Waals surface area contributed by atoms with Crippen molar-refractivity contribution >= 4 is 20.9 Å². The zero-order valence-electron chi connectivity index (χ0n) is 14.0. The second kappa shape index (κ2) is 6.79. The maximum atomic E-state index is 12.2. The highest BCUT2D eigenvalue weighted by molar-refractivity contribution is 7.88. The first kappa shape index (κ1) is 16.7. The van der Waals surface area contributed by atoms with Crippen LogP contribution in [0.3, 0.4) is 0 Å². The van der Waals surface area contributed by atoms with Gasteiger partial charge in [0, 0.05) is 17.8 Å². The van der Waals surface area contributed by atoms with Gasteiger partial charge < -0.3 is 4.98 Å². The van der Waals surface area contributed by atoms with Gasteiger partial charge in [-0.1, -0.05) is 35.9 Å². The quantitative estimate of drug-likeness (QED) is 0.721. The SMILES string of the molecule is Cc1ccc(CS(=O)(=O)NCCc2ccc3[nH]c(C)cc3c2)cc1. The van der Waals surface area contributed by atoms with Crippen LogP contribution in [-0.4, -0.2) is 19.9 Å². The smallest absolute Gasteiger partial charge is 0.215 e. The van der Waals surface area contributed by atoms with E-state index in [0.29, 0.717) is 13.0 Å². The number of nitrogens with one attached hydrogen (secondary N) is 2. The number of hydrogen-bond donors (Lipinski definition) is 2. The molecule has 0 aliphatic heterocycles. The maximum Gasteiger partial charge on any atom is 0.215 e. The van der Waals surface area contributed by atoms with Crippen LogP contribution in [0.1, 0.15) is 22.4 Å². The first-order valence-electron chi connectivity index (χ1n) is 8.02. The lowest BCUT2D eigenvalue weighted by Crippen LogP contribution is -2.27. The van der Waals surface area contributed by atoms with E-state index in [1.54, 1.807) is 0 Å². The van der Waals surface area contributed by atoms with Crippen molar-refractivity contribution in [3.05, 3.63) is 70.9 Å². The van der Waals surface area contributed by atoms with Gasteiger partial charge in [-0.25, -0.2) is 13.1 Å². The molecule has 0 bridgehead atoms. The Balaban J connectivity index is 1.58. The Bertz CT molecular complexity index is 941. The summed E-state index contributed by atoms with van der Waals surface area (Å²) in [7, 11) is -3.31. The molecule has 0 saturated carbocycles. The Morgan fingerprint density at radius 2 is 1.67 bits per heavy atom. The predicted octanol–water partition coefficient (Wildman–Crippen LogP) is 3.45. The fraction of sp³-hybridized carbons (Fsp3) is 0.263. The summed E-state index contributed by atoms with van der Waals surface area (Å²) in [4.78, 5) is 3.29. The van der Waals surface area contributed by atoms with Crippen molar-refractivity contribution in [3.63, 3.8) is 0 Å². The summed E-state index contributed by atoms with van der Waals surface area (Å²) >= 11 is 0. The molecule has 1 heterocycles. The van der Waals surface area contributed by atoms with E-state index < -0.39 is 10.0 Å². The van der Waals surface area contributed by atoms with Crippen molar-refractivity contribution in [2.45, 2.75) is 26.0 Å². The van der Waals surface area contributed by atoms with E-state index >= 15 is 0 Å². The summed E-state index contributed by atoms with van der Waals surface area (Å²) in [6, 6.07) is 15.9. The number of sulfonamides is 1. The van der Waals surface area contributed by atoms with Gasteiger partial charge in [0.15, 0.2) is 0 Å². The molecule has 24 heavy (non-hydrogen) atoms. The molecule has 0 aliphatic carbocycles. The second-order valence-corrected chi connectivity index (χ2v) is 8.07. The number of H-pyrrole nitrogens is 1. The monoisotopic (exact) mass is 342 g/mol. The van der Waals surface area contributed by atoms with Gasteiger partial charge in [-0.15, -0.1) is 0 Å². The molecule has 3 rings (SSSR count). The average Bonchev–Trinajstić information content (AvgIpc) is 2.88. The molecule has 0 spiro atoms. The third-order valence-electron chi connectivity index (χ3n) is 4.03. The minimum atomic E-state index is -3.31. The average molecular weight is 342 g/mol. The number of aromatic amines is 1. The Labute approximate surface area is 143 Å². The van der Waals surface area contributed by atoms with Gasteiger partial charge in [0.2, 0.25) is 10.0 Å². The molecule has 0 radical (unpaired) electrons. The number of benzene rings is 2. The molecule has 1 aromatic heterocycles. The van der Waals surface area contributed by atoms with Crippen LogP contribution in [0.25, 0.3) is 10.9 Å². The normalized spacial score (nSPS) is 11.9. The molecule has 0 unspecified atom stereocenters. The van der Waals surface area contributed by atoms with Gasteiger partial charge in [0.1, 0.15) is 0 Å². The van der Waals surface area contributed by atoms with Gasteiger partial charge in [-0.3, -0.25) is 0 Å². The van der Waals surface area contributed by atoms with E-state index in [2.05, 4.69) is 21.8 Å². The summed E-state index contributed by atoms with van der Waals surface area (Å²) in [5, 5.41) is 1.16. The molecule has 0 fully saturated rings. The van der Waals surface area contributed by atoms with Crippen LogP contribution in [0, 0.1) is 13.8 Å². The van der Waals surface area contributed by atoms with Crippen LogP contribution in [0.15, 0.2) is 48.5 Å². The van der Waals surface area contributed by atoms with Crippen LogP contribution >= 0.6 is 0 Å². The van der Waals surface area contributed by atoms with E-state index in [9.17, 15) is 8.42 Å². The summed E-state index contributed by atoms with van der Waals surface area (Å²) in [5.74, 6) is 0.0172. The van der Waals surface area contributed by atoms with Crippen molar-refractivity contribution in [1.82, 2.24) is 9.71 Å². The van der Waals surface area contributed by atoms with E-state index in [1.165, 1.54) is 0 Å². The Morgan fingerprint density at radius 1 is 0.958 bits per heavy atom. The van der Waals surface area contributed by atoms with Crippen LogP contribution in [0.5, 0.6) is 0 Å². The molecule has 2 N–H and O–H groups in total. The molecule has 0 aliphatic rings. The molecule has 2 aromatic carbocycles. The van der Waals surface area contributed by atoms with E-state index in [1.807, 2.05) is 50.2 Å². The highest BCUT2D eigenvalue weighted by Gasteiger charge is 2.11. The minimum absolute atomic E-state index is 0.0172. The predicted molar refractivity (Wildman–Crippen MR) is 98.5 cm³/mol. The van der Waals surface area contributed by atoms with Crippen molar-refractivity contribution in [2.24, 2.45) is 0 Å². The highest BCUT2D eigenvalue weighted by atomic mass is 32.2. The van der Waals surface area contributed by atoms with Gasteiger partial charge in [-0.05, 0) is 55.0 Å². The molecule has 4 nitrogen and oxygen atoms in total. The van der Waals surface area contributed by atoms with Crippen LogP contribution < -0.4 is 4.72 Å². The first-order valence-corrected chi connectivity index (χ1v) is 9.68. The zero-order valence-corrected chi connectivity index (χ0v) is 14.8. The summed E-state index contributed by atoms with van der Waals surface area (Å²) in [5.41, 5.74) is 5.29. The molecule has 0 saturated heterocycles. The lowest BCUT2D eigenvalue weighted by Gasteiger charge is -2.07. The molecule has 126 valence electrons. The molecule has 0 amide bonds. The third kappa shape index (κ3) is 4.24. The first-order chi connectivity index (χ1) is 11.4. The zero-order chi connectivity index (χ0) is 17.2. The summed E-state index contributed by atoms with van der Waals surface area (Å²) in [6.07, 6.45) is 0.674. The van der Waals surface area contributed by atoms with E-state index in [0.717, 1.165) is 33.3 Å². The van der Waals surface area contributed by atoms with Crippen LogP contribution in [0.2, 0.25) is 0 Å². The molecule has 3 aromatic rings. The van der Waals surface area contributed by atoms with Crippen LogP contribution in [-0.2, 0) is 22.2 Å². The number of fused-ring (bicyclic) bond motifs is 1. The van der Waals surface area contributed by atoms with Gasteiger partial charge in [0.05, 0.1) is 5.75 Å². The molecular weight excluding hydrogens is 320 g/mol. The minimum Gasteiger partial charge on any atom is -0.359 e. The lowest BCUT2D eigenvalue weighted by atomic mass is 10.1. The fourth-order valence-corrected chi connectivity index (χ4v) is 3.93. The van der Waals surface area contributed by atoms with E-state index in [-0.39, 0.29) is 5.75 Å². The Kier molecular flexibility index (Phi) is 4.73. The summed E-state index contributed by atoms with van der Waals surface area (Å²) < 4.78 is 27.0. The topological polar surface area (TPSA) is 62.0 Å². The standard InChI is InChI=1S/C19H22N2O2S/c1-14-3-5-17(6-4-14)13-24(22,23)20-10-9-16-7-8-19-18(12-16)11-15(2)21-19/h3-8,11-12,20-21H,9-10,13H2,1-2H3. The summed E-state index contributed by atoms with van der Waals surface area (Å²) in [6.45, 7) is 4.42. The van der Waals surface area contributed by atoms with Gasteiger partial charge in [0.25, 0.3) is 0 Å². The fourth-order valence-electron chi connectivity index (χ4n) is 2.79. The largest absolute Gasteiger partial charge is 0.359 e. The number of aromatic nitrogens is 1. The van der Waals surface area contributed by atoms with Gasteiger partial charge in [-0.2, -0.15) is 0 Å².